The van der Waals surface area contributed by atoms with Crippen LogP contribution in [0.1, 0.15) is 111 Å². The zero-order valence-electron chi connectivity index (χ0n) is 15.0. The number of unbranched alkanes of at least 4 members (excludes halogenated alkanes) is 2. The Morgan fingerprint density at radius 1 is 0.905 bits per heavy atom. The van der Waals surface area contributed by atoms with Gasteiger partial charge in [0, 0.05) is 17.7 Å². The van der Waals surface area contributed by atoms with Crippen LogP contribution in [0.5, 0.6) is 0 Å². The first-order chi connectivity index (χ1) is 10.3. The third-order valence-corrected chi connectivity index (χ3v) is 5.57. The zero-order valence-corrected chi connectivity index (χ0v) is 15.0. The molecule has 1 atom stereocenters. The summed E-state index contributed by atoms with van der Waals surface area (Å²) in [7, 11) is 0. The van der Waals surface area contributed by atoms with E-state index < -0.39 is 0 Å². The summed E-state index contributed by atoms with van der Waals surface area (Å²) in [4.78, 5) is 5.10. The lowest BCUT2D eigenvalue weighted by molar-refractivity contribution is 0.343. The smallest absolute Gasteiger partial charge is 0.0496 e. The van der Waals surface area contributed by atoms with Gasteiger partial charge in [-0.25, -0.2) is 0 Å². The molecule has 0 saturated carbocycles. The monoisotopic (exact) mass is 293 g/mol. The summed E-state index contributed by atoms with van der Waals surface area (Å²) in [6.07, 6.45) is 21.5. The van der Waals surface area contributed by atoms with Crippen LogP contribution in [-0.4, -0.2) is 12.3 Å². The van der Waals surface area contributed by atoms with Crippen LogP contribution in [0.4, 0.5) is 0 Å². The molecule has 0 aliphatic carbocycles. The molecule has 1 nitrogen and oxygen atoms in total. The van der Waals surface area contributed by atoms with Crippen molar-refractivity contribution in [3.05, 3.63) is 0 Å². The van der Waals surface area contributed by atoms with Crippen molar-refractivity contribution in [2.75, 3.05) is 0 Å². The fourth-order valence-electron chi connectivity index (χ4n) is 3.60. The van der Waals surface area contributed by atoms with E-state index in [1.54, 1.807) is 0 Å². The molecule has 1 aliphatic rings. The van der Waals surface area contributed by atoms with Gasteiger partial charge in [0.1, 0.15) is 0 Å². The van der Waals surface area contributed by atoms with E-state index in [4.69, 9.17) is 4.99 Å². The highest BCUT2D eigenvalue weighted by molar-refractivity contribution is 5.65. The van der Waals surface area contributed by atoms with Gasteiger partial charge in [0.2, 0.25) is 0 Å². The summed E-state index contributed by atoms with van der Waals surface area (Å²) >= 11 is 0. The number of hydrogen-bond acceptors (Lipinski definition) is 1. The van der Waals surface area contributed by atoms with Crippen molar-refractivity contribution in [2.24, 2.45) is 10.4 Å². The lowest BCUT2D eigenvalue weighted by atomic mass is 9.78. The molecule has 1 rings (SSSR count). The van der Waals surface area contributed by atoms with Crippen molar-refractivity contribution in [3.63, 3.8) is 0 Å². The molecule has 124 valence electrons. The van der Waals surface area contributed by atoms with E-state index in [2.05, 4.69) is 27.0 Å². The highest BCUT2D eigenvalue weighted by Crippen LogP contribution is 2.32. The van der Waals surface area contributed by atoms with Gasteiger partial charge in [-0.1, -0.05) is 78.6 Å². The molecule has 0 bridgehead atoms. The second-order valence-electron chi connectivity index (χ2n) is 7.16. The number of hydrogen-bond donors (Lipinski definition) is 0. The van der Waals surface area contributed by atoms with Crippen molar-refractivity contribution >= 4 is 6.21 Å². The molecule has 0 saturated heterocycles. The topological polar surface area (TPSA) is 12.4 Å². The van der Waals surface area contributed by atoms with Crippen molar-refractivity contribution in [3.8, 4) is 0 Å². The molecule has 21 heavy (non-hydrogen) atoms. The van der Waals surface area contributed by atoms with Gasteiger partial charge in [0.25, 0.3) is 0 Å². The normalized spacial score (nSPS) is 24.2. The van der Waals surface area contributed by atoms with Gasteiger partial charge in [0.15, 0.2) is 0 Å². The lowest BCUT2D eigenvalue weighted by Gasteiger charge is -2.28. The maximum Gasteiger partial charge on any atom is 0.0496 e. The minimum atomic E-state index is 0.391. The third-order valence-electron chi connectivity index (χ3n) is 5.57. The van der Waals surface area contributed by atoms with E-state index in [1.807, 2.05) is 0 Å². The molecule has 0 amide bonds. The Morgan fingerprint density at radius 3 is 2.24 bits per heavy atom. The Kier molecular flexibility index (Phi) is 10.0. The van der Waals surface area contributed by atoms with Crippen molar-refractivity contribution in [2.45, 2.75) is 117 Å². The Hall–Kier alpha value is -0.330. The first-order valence-electron chi connectivity index (χ1n) is 9.80. The van der Waals surface area contributed by atoms with Crippen molar-refractivity contribution < 1.29 is 0 Å². The van der Waals surface area contributed by atoms with E-state index in [9.17, 15) is 0 Å². The molecule has 1 aliphatic heterocycles. The highest BCUT2D eigenvalue weighted by Gasteiger charge is 2.24. The summed E-state index contributed by atoms with van der Waals surface area (Å²) in [6.45, 7) is 7.00. The SMILES string of the molecule is CCCCCC1CCCCCCCCC(CC)(CC)C=N1. The summed E-state index contributed by atoms with van der Waals surface area (Å²) in [6, 6.07) is 0.605. The van der Waals surface area contributed by atoms with Crippen LogP contribution in [0.25, 0.3) is 0 Å². The number of rotatable bonds is 6. The number of nitrogens with zero attached hydrogens (tertiary/aromatic N) is 1. The lowest BCUT2D eigenvalue weighted by Crippen LogP contribution is -2.22. The molecular weight excluding hydrogens is 254 g/mol. The van der Waals surface area contributed by atoms with Crippen LogP contribution in [0.3, 0.4) is 0 Å². The molecule has 1 heterocycles. The van der Waals surface area contributed by atoms with Gasteiger partial charge in [-0.3, -0.25) is 4.99 Å². The second-order valence-corrected chi connectivity index (χ2v) is 7.16. The van der Waals surface area contributed by atoms with Gasteiger partial charge >= 0.3 is 0 Å². The van der Waals surface area contributed by atoms with Crippen LogP contribution in [0.15, 0.2) is 4.99 Å². The van der Waals surface area contributed by atoms with Gasteiger partial charge in [-0.05, 0) is 32.1 Å². The van der Waals surface area contributed by atoms with E-state index in [0.717, 1.165) is 0 Å². The molecule has 0 aromatic rings. The Morgan fingerprint density at radius 2 is 1.57 bits per heavy atom. The van der Waals surface area contributed by atoms with Crippen LogP contribution >= 0.6 is 0 Å². The highest BCUT2D eigenvalue weighted by atomic mass is 14.8. The maximum absolute atomic E-state index is 5.10. The molecular formula is C20H39N. The summed E-state index contributed by atoms with van der Waals surface area (Å²) in [5.41, 5.74) is 0.391. The minimum Gasteiger partial charge on any atom is -0.294 e. The average molecular weight is 294 g/mol. The van der Waals surface area contributed by atoms with Crippen LogP contribution in [0, 0.1) is 5.41 Å². The van der Waals surface area contributed by atoms with Gasteiger partial charge in [-0.15, -0.1) is 0 Å². The summed E-state index contributed by atoms with van der Waals surface area (Å²) in [5.74, 6) is 0. The number of aliphatic imine (C=N–C) groups is 1. The maximum atomic E-state index is 5.10. The average Bonchev–Trinajstić information content (AvgIpc) is 2.50. The molecule has 0 aromatic heterocycles. The standard InChI is InChI=1S/C20H39N/c1-4-7-12-15-19-16-13-10-8-9-11-14-17-20(5-2,6-3)18-21-19/h18-19H,4-17H2,1-3H3. The predicted octanol–water partition coefficient (Wildman–Crippen LogP) is 6.95. The Bertz CT molecular complexity index is 265. The minimum absolute atomic E-state index is 0.391. The van der Waals surface area contributed by atoms with Crippen LogP contribution in [-0.2, 0) is 0 Å². The van der Waals surface area contributed by atoms with E-state index in [-0.39, 0.29) is 0 Å². The summed E-state index contributed by atoms with van der Waals surface area (Å²) < 4.78 is 0. The van der Waals surface area contributed by atoms with Crippen LogP contribution in [0.2, 0.25) is 0 Å². The predicted molar refractivity (Wildman–Crippen MR) is 96.4 cm³/mol. The third kappa shape index (κ3) is 7.47. The molecule has 1 unspecified atom stereocenters. The fourth-order valence-corrected chi connectivity index (χ4v) is 3.60. The summed E-state index contributed by atoms with van der Waals surface area (Å²) in [5, 5.41) is 0. The molecule has 0 radical (unpaired) electrons. The molecule has 1 heteroatoms. The molecule has 0 aromatic carbocycles. The molecule has 0 fully saturated rings. The first-order valence-corrected chi connectivity index (χ1v) is 9.80. The van der Waals surface area contributed by atoms with E-state index >= 15 is 0 Å². The first kappa shape index (κ1) is 18.7. The van der Waals surface area contributed by atoms with Gasteiger partial charge < -0.3 is 0 Å². The van der Waals surface area contributed by atoms with Crippen molar-refractivity contribution in [1.29, 1.82) is 0 Å². The van der Waals surface area contributed by atoms with Crippen molar-refractivity contribution in [1.82, 2.24) is 0 Å². The van der Waals surface area contributed by atoms with E-state index in [0.29, 0.717) is 11.5 Å². The molecule has 0 N–H and O–H groups in total. The quantitative estimate of drug-likeness (QED) is 0.470. The van der Waals surface area contributed by atoms with Crippen LogP contribution < -0.4 is 0 Å². The van der Waals surface area contributed by atoms with Gasteiger partial charge in [0.05, 0.1) is 0 Å². The fraction of sp³-hybridized carbons (Fsp3) is 0.950. The zero-order chi connectivity index (χ0) is 15.4. The molecule has 0 spiro atoms. The Balaban J connectivity index is 2.68. The largest absolute Gasteiger partial charge is 0.294 e. The second kappa shape index (κ2) is 11.3. The van der Waals surface area contributed by atoms with E-state index in [1.165, 1.54) is 89.9 Å². The van der Waals surface area contributed by atoms with Gasteiger partial charge in [-0.2, -0.15) is 0 Å². The Labute approximate surface area is 134 Å².